The van der Waals surface area contributed by atoms with E-state index < -0.39 is 17.1 Å². The number of rotatable bonds is 3. The summed E-state index contributed by atoms with van der Waals surface area (Å²) in [5.74, 6) is -0.693. The van der Waals surface area contributed by atoms with E-state index in [1.54, 1.807) is 20.8 Å². The van der Waals surface area contributed by atoms with E-state index in [0.29, 0.717) is 0 Å². The lowest BCUT2D eigenvalue weighted by Crippen LogP contribution is -2.51. The Hall–Kier alpha value is -1.86. The number of carbonyl (C=O) groups excluding carboxylic acids is 1. The monoisotopic (exact) mass is 246 g/mol. The second kappa shape index (κ2) is 5.19. The van der Waals surface area contributed by atoms with Crippen LogP contribution in [0.2, 0.25) is 0 Å². The van der Waals surface area contributed by atoms with Crippen LogP contribution in [-0.2, 0) is 16.0 Å². The normalized spacial score (nSPS) is 14.4. The molecular weight excluding hydrogens is 228 g/mol. The van der Waals surface area contributed by atoms with Gasteiger partial charge in [0.1, 0.15) is 5.60 Å². The summed E-state index contributed by atoms with van der Waals surface area (Å²) in [7, 11) is 0. The first-order valence-corrected chi connectivity index (χ1v) is 5.74. The molecule has 0 heterocycles. The molecule has 96 valence electrons. The summed E-state index contributed by atoms with van der Waals surface area (Å²) in [6.45, 7) is 5.22. The number of nitriles is 1. The van der Waals surface area contributed by atoms with Gasteiger partial charge in [-0.25, -0.2) is 4.79 Å². The van der Waals surface area contributed by atoms with Gasteiger partial charge in [0.05, 0.1) is 6.07 Å². The highest BCUT2D eigenvalue weighted by molar-refractivity contribution is 5.84. The van der Waals surface area contributed by atoms with E-state index in [-0.39, 0.29) is 6.42 Å². The zero-order valence-electron chi connectivity index (χ0n) is 10.9. The Morgan fingerprint density at radius 1 is 1.33 bits per heavy atom. The Morgan fingerprint density at radius 3 is 2.33 bits per heavy atom. The fourth-order valence-electron chi connectivity index (χ4n) is 1.44. The zero-order valence-corrected chi connectivity index (χ0v) is 10.9. The van der Waals surface area contributed by atoms with Crippen LogP contribution < -0.4 is 5.73 Å². The summed E-state index contributed by atoms with van der Waals surface area (Å²) in [4.78, 5) is 11.9. The number of nitrogens with two attached hydrogens (primary N) is 1. The summed E-state index contributed by atoms with van der Waals surface area (Å²) < 4.78 is 5.18. The molecule has 0 aliphatic carbocycles. The van der Waals surface area contributed by atoms with E-state index in [9.17, 15) is 4.79 Å². The van der Waals surface area contributed by atoms with Crippen molar-refractivity contribution in [3.05, 3.63) is 35.9 Å². The van der Waals surface area contributed by atoms with Crippen LogP contribution in [0.15, 0.2) is 30.3 Å². The fourth-order valence-corrected chi connectivity index (χ4v) is 1.44. The van der Waals surface area contributed by atoms with E-state index in [0.717, 1.165) is 5.56 Å². The maximum Gasteiger partial charge on any atom is 0.341 e. The largest absolute Gasteiger partial charge is 0.458 e. The predicted octanol–water partition coefficient (Wildman–Crippen LogP) is 1.79. The zero-order chi connectivity index (χ0) is 13.8. The van der Waals surface area contributed by atoms with Gasteiger partial charge >= 0.3 is 5.97 Å². The second-order valence-corrected chi connectivity index (χ2v) is 5.25. The van der Waals surface area contributed by atoms with Crippen LogP contribution in [0.4, 0.5) is 0 Å². The van der Waals surface area contributed by atoms with Crippen molar-refractivity contribution >= 4 is 5.97 Å². The molecule has 0 aromatic heterocycles. The predicted molar refractivity (Wildman–Crippen MR) is 68.5 cm³/mol. The van der Waals surface area contributed by atoms with E-state index >= 15 is 0 Å². The number of carbonyl (C=O) groups is 1. The van der Waals surface area contributed by atoms with Gasteiger partial charge in [-0.3, -0.25) is 0 Å². The number of esters is 1. The van der Waals surface area contributed by atoms with Crippen LogP contribution in [-0.4, -0.2) is 17.1 Å². The average molecular weight is 246 g/mol. The molecule has 0 saturated heterocycles. The van der Waals surface area contributed by atoms with E-state index in [4.69, 9.17) is 15.7 Å². The summed E-state index contributed by atoms with van der Waals surface area (Å²) in [6.07, 6.45) is 0.138. The molecule has 0 aliphatic heterocycles. The highest BCUT2D eigenvalue weighted by Crippen LogP contribution is 2.16. The lowest BCUT2D eigenvalue weighted by Gasteiger charge is -2.26. The standard InChI is InChI=1S/C14H18N2O2/c1-13(2,3)18-12(17)14(16,10-15)9-11-7-5-4-6-8-11/h4-8H,9,16H2,1-3H3/t14-/m0/s1. The first-order valence-electron chi connectivity index (χ1n) is 5.74. The van der Waals surface area contributed by atoms with Crippen LogP contribution >= 0.6 is 0 Å². The molecule has 0 spiro atoms. The molecule has 2 N–H and O–H groups in total. The van der Waals surface area contributed by atoms with Crippen molar-refractivity contribution in [2.45, 2.75) is 38.3 Å². The molecule has 0 unspecified atom stereocenters. The lowest BCUT2D eigenvalue weighted by atomic mass is 9.93. The van der Waals surface area contributed by atoms with E-state index in [1.165, 1.54) is 0 Å². The minimum Gasteiger partial charge on any atom is -0.458 e. The molecule has 0 amide bonds. The van der Waals surface area contributed by atoms with Crippen molar-refractivity contribution in [2.75, 3.05) is 0 Å². The van der Waals surface area contributed by atoms with Gasteiger partial charge in [-0.15, -0.1) is 0 Å². The lowest BCUT2D eigenvalue weighted by molar-refractivity contribution is -0.159. The van der Waals surface area contributed by atoms with Gasteiger partial charge in [0.25, 0.3) is 0 Å². The fraction of sp³-hybridized carbons (Fsp3) is 0.429. The van der Waals surface area contributed by atoms with Crippen LogP contribution in [0, 0.1) is 11.3 Å². The molecule has 4 nitrogen and oxygen atoms in total. The molecular formula is C14H18N2O2. The first kappa shape index (κ1) is 14.2. The van der Waals surface area contributed by atoms with Gasteiger partial charge in [-0.2, -0.15) is 5.26 Å². The second-order valence-electron chi connectivity index (χ2n) is 5.25. The van der Waals surface area contributed by atoms with Crippen LogP contribution in [0.3, 0.4) is 0 Å². The van der Waals surface area contributed by atoms with E-state index in [2.05, 4.69) is 0 Å². The van der Waals surface area contributed by atoms with Crippen LogP contribution in [0.1, 0.15) is 26.3 Å². The van der Waals surface area contributed by atoms with Gasteiger partial charge < -0.3 is 10.5 Å². The summed E-state index contributed by atoms with van der Waals surface area (Å²) in [5.41, 5.74) is 4.37. The molecule has 1 aromatic carbocycles. The van der Waals surface area contributed by atoms with Gasteiger partial charge in [0.2, 0.25) is 5.54 Å². The number of hydrogen-bond donors (Lipinski definition) is 1. The van der Waals surface area contributed by atoms with Gasteiger partial charge in [0, 0.05) is 6.42 Å². The number of ether oxygens (including phenoxy) is 1. The maximum absolute atomic E-state index is 11.9. The molecule has 1 rings (SSSR count). The van der Waals surface area contributed by atoms with Gasteiger partial charge in [-0.1, -0.05) is 30.3 Å². The number of nitrogens with zero attached hydrogens (tertiary/aromatic N) is 1. The van der Waals surface area contributed by atoms with E-state index in [1.807, 2.05) is 36.4 Å². The average Bonchev–Trinajstić information content (AvgIpc) is 2.28. The van der Waals surface area contributed by atoms with Crippen LogP contribution in [0.25, 0.3) is 0 Å². The Morgan fingerprint density at radius 2 is 1.89 bits per heavy atom. The summed E-state index contributed by atoms with van der Waals surface area (Å²) in [5, 5.41) is 9.14. The molecule has 0 fully saturated rings. The molecule has 0 radical (unpaired) electrons. The molecule has 18 heavy (non-hydrogen) atoms. The van der Waals surface area contributed by atoms with Gasteiger partial charge in [0.15, 0.2) is 0 Å². The number of benzene rings is 1. The van der Waals surface area contributed by atoms with Crippen LogP contribution in [0.5, 0.6) is 0 Å². The maximum atomic E-state index is 11.9. The van der Waals surface area contributed by atoms with Crippen molar-refractivity contribution in [2.24, 2.45) is 5.73 Å². The molecule has 0 saturated carbocycles. The third-order valence-corrected chi connectivity index (χ3v) is 2.29. The third kappa shape index (κ3) is 3.86. The van der Waals surface area contributed by atoms with Gasteiger partial charge in [-0.05, 0) is 26.3 Å². The Bertz CT molecular complexity index is 457. The molecule has 0 aliphatic rings. The van der Waals surface area contributed by atoms with Crippen molar-refractivity contribution in [1.29, 1.82) is 5.26 Å². The molecule has 1 aromatic rings. The quantitative estimate of drug-likeness (QED) is 0.825. The third-order valence-electron chi connectivity index (χ3n) is 2.29. The topological polar surface area (TPSA) is 76.1 Å². The summed E-state index contributed by atoms with van der Waals surface area (Å²) >= 11 is 0. The first-order chi connectivity index (χ1) is 8.27. The van der Waals surface area contributed by atoms with Crippen molar-refractivity contribution < 1.29 is 9.53 Å². The SMILES string of the molecule is CC(C)(C)OC(=O)[C@@](N)(C#N)Cc1ccccc1. The highest BCUT2D eigenvalue weighted by atomic mass is 16.6. The molecule has 1 atom stereocenters. The smallest absolute Gasteiger partial charge is 0.341 e. The van der Waals surface area contributed by atoms with Crippen molar-refractivity contribution in [3.8, 4) is 6.07 Å². The minimum absolute atomic E-state index is 0.138. The Balaban J connectivity index is 2.87. The summed E-state index contributed by atoms with van der Waals surface area (Å²) in [6, 6.07) is 11.0. The highest BCUT2D eigenvalue weighted by Gasteiger charge is 2.38. The Labute approximate surface area is 107 Å². The van der Waals surface area contributed by atoms with Crippen molar-refractivity contribution in [3.63, 3.8) is 0 Å². The molecule has 0 bridgehead atoms. The minimum atomic E-state index is -1.64. The Kier molecular flexibility index (Phi) is 4.10. The van der Waals surface area contributed by atoms with Crippen molar-refractivity contribution in [1.82, 2.24) is 0 Å². The number of hydrogen-bond acceptors (Lipinski definition) is 4. The molecule has 4 heteroatoms.